The van der Waals surface area contributed by atoms with Crippen molar-refractivity contribution in [2.24, 2.45) is 0 Å². The minimum Gasteiger partial charge on any atom is -0.392 e. The van der Waals surface area contributed by atoms with Crippen molar-refractivity contribution in [2.75, 3.05) is 12.3 Å². The summed E-state index contributed by atoms with van der Waals surface area (Å²) in [6.45, 7) is 1.90. The van der Waals surface area contributed by atoms with Gasteiger partial charge in [-0.25, -0.2) is 0 Å². The number of amides is 2. The van der Waals surface area contributed by atoms with Gasteiger partial charge in [-0.15, -0.1) is 10.2 Å². The molecule has 2 amide bonds. The van der Waals surface area contributed by atoms with Crippen molar-refractivity contribution in [3.63, 3.8) is 0 Å². The number of aryl methyl sites for hydroxylation is 1. The third-order valence-electron chi connectivity index (χ3n) is 8.48. The first kappa shape index (κ1) is 35.0. The number of carbonyl (C=O) groups is 2. The summed E-state index contributed by atoms with van der Waals surface area (Å²) < 4.78 is 52.8. The van der Waals surface area contributed by atoms with Crippen LogP contribution in [0.5, 0.6) is 0 Å². The predicted octanol–water partition coefficient (Wildman–Crippen LogP) is 6.51. The first-order chi connectivity index (χ1) is 23.6. The maximum Gasteiger partial charge on any atom is 0.471 e. The molecule has 6 rings (SSSR count). The molecule has 4 atom stereocenters. The van der Waals surface area contributed by atoms with Crippen LogP contribution in [0, 0.1) is 6.92 Å². The van der Waals surface area contributed by atoms with Crippen molar-refractivity contribution in [1.82, 2.24) is 20.4 Å². The fourth-order valence-electron chi connectivity index (χ4n) is 5.97. The number of benzene rings is 3. The van der Waals surface area contributed by atoms with Gasteiger partial charge >= 0.3 is 12.1 Å². The number of ether oxygens (including phenoxy) is 2. The summed E-state index contributed by atoms with van der Waals surface area (Å²) in [5.74, 6) is -1.90. The van der Waals surface area contributed by atoms with Crippen LogP contribution in [0.25, 0.3) is 11.1 Å². The third kappa shape index (κ3) is 8.68. The Morgan fingerprint density at radius 2 is 1.76 bits per heavy atom. The van der Waals surface area contributed by atoms with Gasteiger partial charge < -0.3 is 24.8 Å². The van der Waals surface area contributed by atoms with Gasteiger partial charge in [-0.2, -0.15) is 13.2 Å². The summed E-state index contributed by atoms with van der Waals surface area (Å²) in [6, 6.07) is 21.9. The van der Waals surface area contributed by atoms with Crippen molar-refractivity contribution in [3.05, 3.63) is 100 Å². The first-order valence-corrected chi connectivity index (χ1v) is 17.7. The Bertz CT molecular complexity index is 1750. The maximum absolute atomic E-state index is 13.0. The van der Waals surface area contributed by atoms with Crippen LogP contribution < -0.4 is 5.32 Å². The molecule has 49 heavy (non-hydrogen) atoms. The second-order valence-electron chi connectivity index (χ2n) is 11.9. The zero-order valence-corrected chi connectivity index (χ0v) is 28.2. The van der Waals surface area contributed by atoms with Gasteiger partial charge in [0, 0.05) is 30.8 Å². The lowest BCUT2D eigenvalue weighted by Crippen LogP contribution is -2.50. The van der Waals surface area contributed by atoms with E-state index in [9.17, 15) is 27.9 Å². The Labute approximate surface area is 289 Å². The molecule has 2 aliphatic rings. The Hall–Kier alpha value is -3.82. The van der Waals surface area contributed by atoms with Gasteiger partial charge in [-0.1, -0.05) is 89.8 Å². The highest BCUT2D eigenvalue weighted by Gasteiger charge is 2.47. The minimum atomic E-state index is -5.02. The smallest absolute Gasteiger partial charge is 0.392 e. The Balaban J connectivity index is 1.12. The molecule has 9 nitrogen and oxygen atoms in total. The number of aliphatic hydroxyl groups excluding tert-OH is 1. The number of alkyl halides is 3. The highest BCUT2D eigenvalue weighted by molar-refractivity contribution is 8.01. The van der Waals surface area contributed by atoms with Crippen LogP contribution in [0.15, 0.2) is 77.1 Å². The normalized spacial score (nSPS) is 21.1. The largest absolute Gasteiger partial charge is 0.471 e. The molecule has 14 heteroatoms. The average Bonchev–Trinajstić information content (AvgIpc) is 3.78. The number of nitrogens with zero attached hydrogens (tertiary/aromatic N) is 3. The topological polar surface area (TPSA) is 114 Å². The number of rotatable bonds is 10. The van der Waals surface area contributed by atoms with Gasteiger partial charge in [-0.05, 0) is 53.6 Å². The fraction of sp³-hybridized carbons (Fsp3) is 0.371. The molecule has 2 fully saturated rings. The van der Waals surface area contributed by atoms with Crippen molar-refractivity contribution in [3.8, 4) is 11.1 Å². The van der Waals surface area contributed by atoms with E-state index in [1.807, 2.05) is 79.7 Å². The van der Waals surface area contributed by atoms with Crippen molar-refractivity contribution in [2.45, 2.75) is 74.4 Å². The van der Waals surface area contributed by atoms with E-state index >= 15 is 0 Å². The number of likely N-dealkylation sites (tertiary alicyclic amines) is 1. The van der Waals surface area contributed by atoms with E-state index in [-0.39, 0.29) is 38.3 Å². The van der Waals surface area contributed by atoms with E-state index in [0.29, 0.717) is 23.5 Å². The number of hydrogen-bond donors (Lipinski definition) is 2. The van der Waals surface area contributed by atoms with Crippen LogP contribution in [0.1, 0.15) is 58.9 Å². The van der Waals surface area contributed by atoms with E-state index in [2.05, 4.69) is 15.5 Å². The molecule has 1 aromatic heterocycles. The first-order valence-electron chi connectivity index (χ1n) is 15.9. The van der Waals surface area contributed by atoms with Gasteiger partial charge in [0.15, 0.2) is 10.6 Å². The van der Waals surface area contributed by atoms with Gasteiger partial charge in [0.2, 0.25) is 5.91 Å². The third-order valence-corrected chi connectivity index (χ3v) is 10.6. The lowest BCUT2D eigenvalue weighted by molar-refractivity contribution is -0.245. The lowest BCUT2D eigenvalue weighted by Gasteiger charge is -2.36. The highest BCUT2D eigenvalue weighted by Crippen LogP contribution is 2.40. The molecular formula is C35H35F3N4O5S2. The predicted molar refractivity (Wildman–Crippen MR) is 178 cm³/mol. The van der Waals surface area contributed by atoms with Gasteiger partial charge in [0.25, 0.3) is 0 Å². The Kier molecular flexibility index (Phi) is 11.0. The monoisotopic (exact) mass is 712 g/mol. The number of thioether (sulfide) groups is 1. The molecule has 0 radical (unpaired) electrons. The number of carbonyl (C=O) groups excluding carboxylic acids is 2. The summed E-state index contributed by atoms with van der Waals surface area (Å²) >= 11 is 3.15. The minimum absolute atomic E-state index is 0.0330. The molecule has 2 N–H and O–H groups in total. The van der Waals surface area contributed by atoms with Gasteiger partial charge in [-0.3, -0.25) is 9.59 Å². The summed E-state index contributed by atoms with van der Waals surface area (Å²) in [5.41, 5.74) is 5.25. The molecule has 4 aromatic rings. The molecule has 258 valence electrons. The highest BCUT2D eigenvalue weighted by atomic mass is 32.2. The standard InChI is InChI=1S/C35H35F3N4O5S2/c1-21-40-41-34(49-21)48-20-28-17-30(25-9-7-22(19-43)8-10-25)47-32(46-28)26-13-11-24(12-14-26)27-5-2-4-23(16-27)18-39-31(44)29-6-3-15-42(29)33(45)35(36,37)38/h2,4-5,7-14,16,28-30,32,43H,3,6,15,17-20H2,1H3,(H,39,44)/t28-,29+,30+,32+/m1/s1. The zero-order valence-electron chi connectivity index (χ0n) is 26.6. The molecule has 2 saturated heterocycles. The Morgan fingerprint density at radius 1 is 1.00 bits per heavy atom. The number of nitrogens with one attached hydrogen (secondary N) is 1. The number of aromatic nitrogens is 2. The molecular weight excluding hydrogens is 678 g/mol. The molecule has 3 heterocycles. The lowest BCUT2D eigenvalue weighted by atomic mass is 9.99. The Morgan fingerprint density at radius 3 is 2.45 bits per heavy atom. The molecule has 0 spiro atoms. The molecule has 0 saturated carbocycles. The molecule has 0 bridgehead atoms. The van der Waals surface area contributed by atoms with Crippen LogP contribution >= 0.6 is 23.1 Å². The van der Waals surface area contributed by atoms with E-state index in [1.54, 1.807) is 23.1 Å². The molecule has 0 aliphatic carbocycles. The average molecular weight is 713 g/mol. The van der Waals surface area contributed by atoms with Crippen molar-refractivity contribution in [1.29, 1.82) is 0 Å². The van der Waals surface area contributed by atoms with Gasteiger partial charge in [0.05, 0.1) is 18.8 Å². The van der Waals surface area contributed by atoms with Crippen LogP contribution in [-0.4, -0.2) is 62.6 Å². The quantitative estimate of drug-likeness (QED) is 0.179. The number of aliphatic hydroxyl groups is 1. The van der Waals surface area contributed by atoms with Crippen LogP contribution in [-0.2, 0) is 32.2 Å². The van der Waals surface area contributed by atoms with Crippen LogP contribution in [0.3, 0.4) is 0 Å². The van der Waals surface area contributed by atoms with E-state index in [4.69, 9.17) is 9.47 Å². The van der Waals surface area contributed by atoms with E-state index in [0.717, 1.165) is 42.7 Å². The van der Waals surface area contributed by atoms with E-state index < -0.39 is 30.3 Å². The zero-order chi connectivity index (χ0) is 34.5. The second kappa shape index (κ2) is 15.4. The molecule has 3 aromatic carbocycles. The maximum atomic E-state index is 13.0. The van der Waals surface area contributed by atoms with Crippen LogP contribution in [0.4, 0.5) is 13.2 Å². The summed E-state index contributed by atoms with van der Waals surface area (Å²) in [5, 5.41) is 21.4. The fourth-order valence-corrected chi connectivity index (χ4v) is 7.83. The molecule has 0 unspecified atom stereocenters. The molecule has 2 aliphatic heterocycles. The van der Waals surface area contributed by atoms with Crippen LogP contribution in [0.2, 0.25) is 0 Å². The van der Waals surface area contributed by atoms with Crippen molar-refractivity contribution < 1.29 is 37.3 Å². The van der Waals surface area contributed by atoms with Gasteiger partial charge in [0.1, 0.15) is 11.0 Å². The number of halogens is 3. The summed E-state index contributed by atoms with van der Waals surface area (Å²) in [4.78, 5) is 25.2. The SMILES string of the molecule is Cc1nnc(SC[C@H]2C[C@@H](c3ccc(CO)cc3)O[C@@H](c3ccc(-c4cccc(CNC(=O)[C@@H]5CCCN5C(=O)C(F)(F)F)c4)cc3)O2)s1. The summed E-state index contributed by atoms with van der Waals surface area (Å²) in [6.07, 6.45) is -4.80. The number of hydrogen-bond acceptors (Lipinski definition) is 9. The van der Waals surface area contributed by atoms with E-state index in [1.165, 1.54) is 0 Å². The van der Waals surface area contributed by atoms with Crippen molar-refractivity contribution >= 4 is 34.9 Å². The summed E-state index contributed by atoms with van der Waals surface area (Å²) in [7, 11) is 0. The second-order valence-corrected chi connectivity index (χ2v) is 14.4.